The number of hydrogen-bond donors (Lipinski definition) is 1. The van der Waals surface area contributed by atoms with Crippen molar-refractivity contribution in [2.45, 2.75) is 82.6 Å². The maximum Gasteiger partial charge on any atom is 0.163 e. The average molecular weight is 411 g/mol. The number of aliphatic hydroxyl groups is 1. The molecule has 4 saturated carbocycles. The van der Waals surface area contributed by atoms with Crippen LogP contribution in [0.4, 0.5) is 0 Å². The van der Waals surface area contributed by atoms with Crippen LogP contribution in [-0.4, -0.2) is 27.1 Å². The number of alkyl halides is 1. The van der Waals surface area contributed by atoms with Gasteiger partial charge in [0.1, 0.15) is 11.4 Å². The molecule has 25 heavy (non-hydrogen) atoms. The van der Waals surface area contributed by atoms with E-state index in [2.05, 4.69) is 29.8 Å². The predicted octanol–water partition coefficient (Wildman–Crippen LogP) is 4.29. The minimum absolute atomic E-state index is 0.0824. The van der Waals surface area contributed by atoms with Crippen molar-refractivity contribution in [3.63, 3.8) is 0 Å². The lowest BCUT2D eigenvalue weighted by molar-refractivity contribution is -0.168. The summed E-state index contributed by atoms with van der Waals surface area (Å²) in [4.78, 5) is 24.3. The van der Waals surface area contributed by atoms with E-state index in [0.29, 0.717) is 29.5 Å². The van der Waals surface area contributed by atoms with Crippen LogP contribution < -0.4 is 0 Å². The highest BCUT2D eigenvalue weighted by Crippen LogP contribution is 2.68. The van der Waals surface area contributed by atoms with E-state index in [1.807, 2.05) is 0 Å². The van der Waals surface area contributed by atoms with E-state index >= 15 is 0 Å². The monoisotopic (exact) mass is 410 g/mol. The van der Waals surface area contributed by atoms with Gasteiger partial charge in [0.05, 0.1) is 4.83 Å². The summed E-state index contributed by atoms with van der Waals surface area (Å²) in [6.45, 7) is 6.15. The third kappa shape index (κ3) is 2.19. The van der Waals surface area contributed by atoms with Crippen LogP contribution in [0.5, 0.6) is 0 Å². The lowest BCUT2D eigenvalue weighted by Gasteiger charge is -2.60. The van der Waals surface area contributed by atoms with Gasteiger partial charge in [-0.15, -0.1) is 0 Å². The number of carbonyl (C=O) groups is 2. The zero-order valence-corrected chi connectivity index (χ0v) is 17.3. The van der Waals surface area contributed by atoms with Crippen LogP contribution in [0, 0.1) is 34.5 Å². The SMILES string of the molecule is CC(=O)[C@@]1(O)[C@H](Br)C[C@H]2[C@H]3CC[C@H]4CC(=O)CC[C@]4(C)[C@@H]3CC[C@@]21C. The number of hydrogen-bond acceptors (Lipinski definition) is 3. The van der Waals surface area contributed by atoms with Crippen molar-refractivity contribution in [1.82, 2.24) is 0 Å². The Kier molecular flexibility index (Phi) is 4.10. The summed E-state index contributed by atoms with van der Waals surface area (Å²) in [7, 11) is 0. The van der Waals surface area contributed by atoms with E-state index in [1.165, 1.54) is 0 Å². The first-order valence-electron chi connectivity index (χ1n) is 10.0. The Morgan fingerprint density at radius 3 is 2.56 bits per heavy atom. The Labute approximate surface area is 159 Å². The summed E-state index contributed by atoms with van der Waals surface area (Å²) in [6, 6.07) is 0. The highest BCUT2D eigenvalue weighted by atomic mass is 79.9. The Morgan fingerprint density at radius 1 is 1.16 bits per heavy atom. The summed E-state index contributed by atoms with van der Waals surface area (Å²) in [5.74, 6) is 2.55. The number of rotatable bonds is 1. The van der Waals surface area contributed by atoms with Gasteiger partial charge in [-0.05, 0) is 74.5 Å². The quantitative estimate of drug-likeness (QED) is 0.655. The lowest BCUT2D eigenvalue weighted by atomic mass is 9.44. The first-order valence-corrected chi connectivity index (χ1v) is 11.0. The smallest absolute Gasteiger partial charge is 0.163 e. The molecule has 1 N–H and O–H groups in total. The average Bonchev–Trinajstić information content (AvgIpc) is 2.77. The summed E-state index contributed by atoms with van der Waals surface area (Å²) >= 11 is 3.68. The van der Waals surface area contributed by atoms with E-state index in [9.17, 15) is 14.7 Å². The number of halogens is 1. The molecule has 140 valence electrons. The van der Waals surface area contributed by atoms with Crippen LogP contribution >= 0.6 is 15.9 Å². The number of ketones is 2. The second-order valence-corrected chi connectivity index (χ2v) is 11.0. The molecule has 4 aliphatic carbocycles. The van der Waals surface area contributed by atoms with E-state index < -0.39 is 5.60 Å². The molecule has 0 heterocycles. The first kappa shape index (κ1) is 18.2. The number of carbonyl (C=O) groups excluding carboxylic acids is 2. The summed E-state index contributed by atoms with van der Waals surface area (Å²) < 4.78 is 0. The molecule has 0 aromatic carbocycles. The molecule has 8 atom stereocenters. The van der Waals surface area contributed by atoms with Gasteiger partial charge in [-0.1, -0.05) is 29.8 Å². The third-order valence-corrected chi connectivity index (χ3v) is 10.2. The normalized spacial score (nSPS) is 55.2. The second kappa shape index (κ2) is 5.64. The fourth-order valence-corrected chi connectivity index (χ4v) is 8.90. The van der Waals surface area contributed by atoms with Crippen molar-refractivity contribution in [1.29, 1.82) is 0 Å². The van der Waals surface area contributed by atoms with Crippen LogP contribution in [-0.2, 0) is 9.59 Å². The highest BCUT2D eigenvalue weighted by Gasteiger charge is 2.69. The molecule has 4 rings (SSSR count). The zero-order chi connectivity index (χ0) is 18.2. The Bertz CT molecular complexity index is 618. The topological polar surface area (TPSA) is 54.4 Å². The van der Waals surface area contributed by atoms with Gasteiger partial charge in [0.2, 0.25) is 0 Å². The molecule has 0 aromatic rings. The van der Waals surface area contributed by atoms with Crippen LogP contribution in [0.3, 0.4) is 0 Å². The molecule has 0 aliphatic heterocycles. The number of fused-ring (bicyclic) bond motifs is 5. The number of Topliss-reactive ketones (excluding diaryl/α,β-unsaturated/α-hetero) is 2. The fraction of sp³-hybridized carbons (Fsp3) is 0.905. The van der Waals surface area contributed by atoms with Gasteiger partial charge in [0.15, 0.2) is 5.78 Å². The molecule has 4 fully saturated rings. The summed E-state index contributed by atoms with van der Waals surface area (Å²) in [5.41, 5.74) is -1.28. The molecule has 0 radical (unpaired) electrons. The fourth-order valence-electron chi connectivity index (χ4n) is 7.65. The second-order valence-electron chi connectivity index (χ2n) is 9.88. The molecular weight excluding hydrogens is 380 g/mol. The van der Waals surface area contributed by atoms with Crippen molar-refractivity contribution in [3.8, 4) is 0 Å². The van der Waals surface area contributed by atoms with E-state index in [1.54, 1.807) is 6.92 Å². The molecule has 0 saturated heterocycles. The lowest BCUT2D eigenvalue weighted by Crippen LogP contribution is -2.59. The largest absolute Gasteiger partial charge is 0.380 e. The van der Waals surface area contributed by atoms with Gasteiger partial charge >= 0.3 is 0 Å². The molecule has 0 aromatic heterocycles. The minimum Gasteiger partial charge on any atom is -0.380 e. The van der Waals surface area contributed by atoms with Crippen LogP contribution in [0.25, 0.3) is 0 Å². The Balaban J connectivity index is 1.68. The molecule has 4 heteroatoms. The van der Waals surface area contributed by atoms with Crippen molar-refractivity contribution in [3.05, 3.63) is 0 Å². The minimum atomic E-state index is -1.23. The summed E-state index contributed by atoms with van der Waals surface area (Å²) in [5, 5.41) is 11.4. The Hall–Kier alpha value is -0.220. The zero-order valence-electron chi connectivity index (χ0n) is 15.7. The molecule has 0 unspecified atom stereocenters. The molecule has 0 spiro atoms. The molecular formula is C21H31BrO3. The molecule has 0 amide bonds. The summed E-state index contributed by atoms with van der Waals surface area (Å²) in [6.07, 6.45) is 7.77. The standard InChI is InChI=1S/C21H31BrO3/c1-12(23)21(25)18(22)11-17-15-5-4-13-10-14(24)6-8-19(13,2)16(15)7-9-20(17,21)3/h13,15-18,25H,4-11H2,1-3H3/t13-,15-,16+,17-,18+,19-,20-,21+/m0/s1. The van der Waals surface area contributed by atoms with E-state index in [4.69, 9.17) is 0 Å². The van der Waals surface area contributed by atoms with Crippen molar-refractivity contribution < 1.29 is 14.7 Å². The molecule has 3 nitrogen and oxygen atoms in total. The molecule has 4 aliphatic rings. The maximum absolute atomic E-state index is 12.4. The van der Waals surface area contributed by atoms with Crippen molar-refractivity contribution >= 4 is 27.5 Å². The van der Waals surface area contributed by atoms with E-state index in [0.717, 1.165) is 51.4 Å². The van der Waals surface area contributed by atoms with Gasteiger partial charge in [-0.3, -0.25) is 9.59 Å². The highest BCUT2D eigenvalue weighted by molar-refractivity contribution is 9.09. The van der Waals surface area contributed by atoms with Gasteiger partial charge in [0.25, 0.3) is 0 Å². The van der Waals surface area contributed by atoms with Gasteiger partial charge in [-0.25, -0.2) is 0 Å². The van der Waals surface area contributed by atoms with Crippen molar-refractivity contribution in [2.24, 2.45) is 34.5 Å². The van der Waals surface area contributed by atoms with Crippen LogP contribution in [0.1, 0.15) is 72.1 Å². The predicted molar refractivity (Wildman–Crippen MR) is 100 cm³/mol. The van der Waals surface area contributed by atoms with Gasteiger partial charge in [-0.2, -0.15) is 0 Å². The molecule has 0 bridgehead atoms. The maximum atomic E-state index is 12.4. The first-order chi connectivity index (χ1) is 11.6. The third-order valence-electron chi connectivity index (χ3n) is 9.19. The van der Waals surface area contributed by atoms with Crippen LogP contribution in [0.2, 0.25) is 0 Å². The van der Waals surface area contributed by atoms with Gasteiger partial charge in [0, 0.05) is 18.3 Å². The van der Waals surface area contributed by atoms with E-state index in [-0.39, 0.29) is 21.4 Å². The van der Waals surface area contributed by atoms with Gasteiger partial charge < -0.3 is 5.11 Å². The van der Waals surface area contributed by atoms with Crippen molar-refractivity contribution in [2.75, 3.05) is 0 Å². The Morgan fingerprint density at radius 2 is 1.88 bits per heavy atom. The van der Waals surface area contributed by atoms with Crippen LogP contribution in [0.15, 0.2) is 0 Å².